The molecule has 56 heavy (non-hydrogen) atoms. The first-order valence-corrected chi connectivity index (χ1v) is 22.3. The van der Waals surface area contributed by atoms with Crippen molar-refractivity contribution in [3.8, 4) is 0 Å². The molecule has 0 aromatic carbocycles. The van der Waals surface area contributed by atoms with Crippen LogP contribution in [0.5, 0.6) is 0 Å². The van der Waals surface area contributed by atoms with Gasteiger partial charge in [0.2, 0.25) is 23.6 Å². The fraction of sp³-hybridized carbons (Fsp3) is 0.837. The van der Waals surface area contributed by atoms with Crippen LogP contribution in [0, 0.1) is 33.5 Å². The molecule has 5 fully saturated rings. The van der Waals surface area contributed by atoms with E-state index in [9.17, 15) is 19.2 Å². The fourth-order valence-electron chi connectivity index (χ4n) is 10.8. The quantitative estimate of drug-likeness (QED) is 0.0718. The van der Waals surface area contributed by atoms with Crippen molar-refractivity contribution in [2.24, 2.45) is 33.5 Å². The number of hydrogen-bond donors (Lipinski definition) is 5. The Morgan fingerprint density at radius 2 is 1.61 bits per heavy atom. The summed E-state index contributed by atoms with van der Waals surface area (Å²) in [5.41, 5.74) is -2.06. The number of hydrogen-bond acceptors (Lipinski definition) is 8. The normalized spacial score (nSPS) is 28.7. The molecule has 4 saturated carbocycles. The molecular weight excluding hydrogens is 727 g/mol. The van der Waals surface area contributed by atoms with Crippen molar-refractivity contribution in [2.45, 2.75) is 168 Å². The molecule has 316 valence electrons. The van der Waals surface area contributed by atoms with Gasteiger partial charge in [0.05, 0.1) is 0 Å². The first kappa shape index (κ1) is 44.5. The molecule has 1 heterocycles. The Balaban J connectivity index is 1.36. The van der Waals surface area contributed by atoms with Crippen molar-refractivity contribution in [3.05, 3.63) is 12.7 Å². The van der Waals surface area contributed by atoms with E-state index >= 15 is 4.79 Å². The van der Waals surface area contributed by atoms with Gasteiger partial charge in [-0.3, -0.25) is 28.7 Å². The maximum absolute atomic E-state index is 15.1. The molecule has 6 unspecified atom stereocenters. The van der Waals surface area contributed by atoms with Crippen LogP contribution >= 0.6 is 12.1 Å². The van der Waals surface area contributed by atoms with Gasteiger partial charge in [-0.25, -0.2) is 4.31 Å². The van der Waals surface area contributed by atoms with Crippen molar-refractivity contribution in [2.75, 3.05) is 27.2 Å². The Morgan fingerprint density at radius 1 is 0.929 bits per heavy atom. The summed E-state index contributed by atoms with van der Waals surface area (Å²) in [6.45, 7) is 19.9. The molecule has 4 aliphatic carbocycles. The van der Waals surface area contributed by atoms with E-state index < -0.39 is 29.1 Å². The average molecular weight is 800 g/mol. The molecule has 13 heteroatoms. The molecule has 12 nitrogen and oxygen atoms in total. The van der Waals surface area contributed by atoms with Gasteiger partial charge in [-0.05, 0) is 94.2 Å². The third kappa shape index (κ3) is 8.70. The van der Waals surface area contributed by atoms with E-state index in [1.807, 2.05) is 34.9 Å². The molecule has 1 saturated heterocycles. The van der Waals surface area contributed by atoms with Gasteiger partial charge < -0.3 is 26.2 Å². The zero-order valence-electron chi connectivity index (χ0n) is 35.9. The first-order valence-electron chi connectivity index (χ1n) is 21.5. The van der Waals surface area contributed by atoms with Gasteiger partial charge >= 0.3 is 0 Å². The van der Waals surface area contributed by atoms with E-state index in [1.165, 1.54) is 0 Å². The van der Waals surface area contributed by atoms with Gasteiger partial charge in [-0.2, -0.15) is 0 Å². The molecular formula is C43H73N7O5S. The van der Waals surface area contributed by atoms with Crippen LogP contribution in [0.25, 0.3) is 0 Å². The van der Waals surface area contributed by atoms with Crippen molar-refractivity contribution < 1.29 is 24.0 Å². The van der Waals surface area contributed by atoms with Crippen LogP contribution < -0.4 is 26.0 Å². The van der Waals surface area contributed by atoms with Crippen LogP contribution in [0.15, 0.2) is 12.7 Å². The van der Waals surface area contributed by atoms with Crippen molar-refractivity contribution in [1.29, 1.82) is 0 Å². The molecule has 5 aliphatic rings. The third-order valence-corrected chi connectivity index (χ3v) is 15.2. The summed E-state index contributed by atoms with van der Waals surface area (Å²) in [7, 11) is 3.65. The minimum Gasteiger partial charge on any atom is -0.344 e. The van der Waals surface area contributed by atoms with E-state index in [2.05, 4.69) is 60.3 Å². The summed E-state index contributed by atoms with van der Waals surface area (Å²) in [5.74, 6) is -1.62. The molecule has 1 aliphatic heterocycles. The minimum absolute atomic E-state index is 0.0117. The second kappa shape index (κ2) is 17.3. The lowest BCUT2D eigenvalue weighted by atomic mass is 9.73. The third-order valence-electron chi connectivity index (χ3n) is 14.5. The number of nitrogens with one attached hydrogen (secondary N) is 5. The largest absolute Gasteiger partial charge is 0.344 e. The topological polar surface area (TPSA) is 152 Å². The van der Waals surface area contributed by atoms with Crippen LogP contribution in [0.1, 0.15) is 138 Å². The van der Waals surface area contributed by atoms with Crippen LogP contribution in [0.3, 0.4) is 0 Å². The monoisotopic (exact) mass is 800 g/mol. The summed E-state index contributed by atoms with van der Waals surface area (Å²) in [5, 5.41) is 12.8. The van der Waals surface area contributed by atoms with E-state index in [0.29, 0.717) is 31.8 Å². The number of rotatable bonds is 18. The highest BCUT2D eigenvalue weighted by Gasteiger charge is 2.85. The SMILES string of the molecule is C=CC1CC1(NC(=O)C1CC2(CN1C(=O)C(NC(=O)C(NC(=O)CCCCCNC(C)C)C1CCCCC1)C(C)(C)C)C(C)(C)C21CCC1)C(=O)NSN(C)C. The van der Waals surface area contributed by atoms with Crippen LogP contribution in [-0.2, 0) is 24.0 Å². The van der Waals surface area contributed by atoms with Crippen LogP contribution in [0.2, 0.25) is 0 Å². The first-order chi connectivity index (χ1) is 26.3. The van der Waals surface area contributed by atoms with Gasteiger partial charge in [0.15, 0.2) is 0 Å². The molecule has 5 amide bonds. The summed E-state index contributed by atoms with van der Waals surface area (Å²) >= 11 is 1.15. The average Bonchev–Trinajstić information content (AvgIpc) is 3.84. The lowest BCUT2D eigenvalue weighted by Gasteiger charge is -2.38. The number of unbranched alkanes of at least 4 members (excludes halogenated alkanes) is 2. The maximum atomic E-state index is 15.1. The molecule has 0 aromatic heterocycles. The van der Waals surface area contributed by atoms with Gasteiger partial charge in [0.25, 0.3) is 5.91 Å². The Kier molecular flexibility index (Phi) is 13.7. The molecule has 6 atom stereocenters. The summed E-state index contributed by atoms with van der Waals surface area (Å²) in [6.07, 6.45) is 13.7. The lowest BCUT2D eigenvalue weighted by Crippen LogP contribution is -2.62. The molecule has 2 spiro atoms. The Labute approximate surface area is 341 Å². The van der Waals surface area contributed by atoms with Gasteiger partial charge in [0.1, 0.15) is 23.7 Å². The van der Waals surface area contributed by atoms with E-state index in [-0.39, 0.29) is 57.6 Å². The van der Waals surface area contributed by atoms with E-state index in [4.69, 9.17) is 0 Å². The lowest BCUT2D eigenvalue weighted by molar-refractivity contribution is -0.145. The standard InChI is InChI=1S/C43H73N7O5S/c1-11-30-25-43(30,38(55)48-56-49(9)10)47-35(52)31-26-42(40(7,8)41(42)22-18-23-41)27-50(31)37(54)34(39(4,5)6)46-36(53)33(29-19-14-12-15-20-29)45-32(51)21-16-13-17-24-44-28(2)3/h11,28-31,33-34,44H,1,12-27H2,2-10H3,(H,45,51)(H,46,53)(H,47,52)(H,48,55). The van der Waals surface area contributed by atoms with Crippen LogP contribution in [0.4, 0.5) is 0 Å². The summed E-state index contributed by atoms with van der Waals surface area (Å²) in [4.78, 5) is 72.8. The smallest absolute Gasteiger partial charge is 0.257 e. The highest BCUT2D eigenvalue weighted by Crippen LogP contribution is 2.88. The Hall–Kier alpha value is -2.64. The number of amides is 5. The minimum atomic E-state index is -1.13. The van der Waals surface area contributed by atoms with Crippen LogP contribution in [-0.4, -0.2) is 95.6 Å². The molecule has 0 aromatic rings. The molecule has 0 bridgehead atoms. The zero-order chi connectivity index (χ0) is 41.3. The fourth-order valence-corrected chi connectivity index (χ4v) is 11.2. The van der Waals surface area contributed by atoms with Gasteiger partial charge in [-0.1, -0.05) is 86.6 Å². The number of nitrogens with zero attached hydrogens (tertiary/aromatic N) is 2. The highest BCUT2D eigenvalue weighted by atomic mass is 32.2. The van der Waals surface area contributed by atoms with Gasteiger partial charge in [0, 0.05) is 42.5 Å². The number of carbonyl (C=O) groups is 5. The number of likely N-dealkylation sites (tertiary alicyclic amines) is 1. The predicted octanol–water partition coefficient (Wildman–Crippen LogP) is 5.24. The second-order valence-electron chi connectivity index (χ2n) is 19.8. The Morgan fingerprint density at radius 3 is 2.14 bits per heavy atom. The molecule has 5 N–H and O–H groups in total. The highest BCUT2D eigenvalue weighted by molar-refractivity contribution is 7.95. The van der Waals surface area contributed by atoms with E-state index in [1.54, 1.807) is 15.3 Å². The molecule has 5 rings (SSSR count). The zero-order valence-corrected chi connectivity index (χ0v) is 36.7. The summed E-state index contributed by atoms with van der Waals surface area (Å²) in [6, 6.07) is -2.05. The molecule has 0 radical (unpaired) electrons. The Bertz CT molecular complexity index is 1480. The maximum Gasteiger partial charge on any atom is 0.257 e. The van der Waals surface area contributed by atoms with Crippen molar-refractivity contribution >= 4 is 41.7 Å². The predicted molar refractivity (Wildman–Crippen MR) is 223 cm³/mol. The van der Waals surface area contributed by atoms with Crippen molar-refractivity contribution in [1.82, 2.24) is 35.2 Å². The second-order valence-corrected chi connectivity index (χ2v) is 21.0. The number of carbonyl (C=O) groups excluding carboxylic acids is 5. The van der Waals surface area contributed by atoms with Gasteiger partial charge in [-0.15, -0.1) is 6.58 Å². The summed E-state index contributed by atoms with van der Waals surface area (Å²) < 4.78 is 4.64. The van der Waals surface area contributed by atoms with Crippen molar-refractivity contribution in [3.63, 3.8) is 0 Å². The van der Waals surface area contributed by atoms with E-state index in [0.717, 1.165) is 89.3 Å². The number of fused-ring (bicyclic) bond motifs is 1.